The monoisotopic (exact) mass is 252 g/mol. The Morgan fingerprint density at radius 2 is 2.22 bits per heavy atom. The summed E-state index contributed by atoms with van der Waals surface area (Å²) in [4.78, 5) is 17.1. The van der Waals surface area contributed by atoms with E-state index in [1.54, 1.807) is 13.2 Å². The van der Waals surface area contributed by atoms with Gasteiger partial charge in [0.15, 0.2) is 5.69 Å². The SMILES string of the molecule is COCCN(CC(C)C)c1cccc(C(=O)O)n1. The lowest BCUT2D eigenvalue weighted by atomic mass is 10.2. The van der Waals surface area contributed by atoms with Crippen LogP contribution in [0.3, 0.4) is 0 Å². The molecule has 5 nitrogen and oxygen atoms in total. The first kappa shape index (κ1) is 14.4. The topological polar surface area (TPSA) is 62.7 Å². The molecule has 0 aliphatic heterocycles. The number of ether oxygens (including phenoxy) is 1. The van der Waals surface area contributed by atoms with Crippen LogP contribution in [0.25, 0.3) is 0 Å². The first-order chi connectivity index (χ1) is 8.54. The average molecular weight is 252 g/mol. The second-order valence-electron chi connectivity index (χ2n) is 4.52. The molecule has 0 bridgehead atoms. The van der Waals surface area contributed by atoms with E-state index in [1.165, 1.54) is 6.07 Å². The molecule has 0 aliphatic rings. The lowest BCUT2D eigenvalue weighted by Gasteiger charge is -2.25. The van der Waals surface area contributed by atoms with E-state index in [4.69, 9.17) is 9.84 Å². The number of rotatable bonds is 7. The van der Waals surface area contributed by atoms with Gasteiger partial charge in [0.2, 0.25) is 0 Å². The van der Waals surface area contributed by atoms with Crippen LogP contribution in [0.2, 0.25) is 0 Å². The van der Waals surface area contributed by atoms with Crippen LogP contribution in [-0.4, -0.2) is 42.9 Å². The minimum absolute atomic E-state index is 0.0682. The Bertz CT molecular complexity index is 394. The molecule has 1 aromatic heterocycles. The van der Waals surface area contributed by atoms with Gasteiger partial charge in [-0.1, -0.05) is 19.9 Å². The van der Waals surface area contributed by atoms with Crippen molar-refractivity contribution in [3.05, 3.63) is 23.9 Å². The van der Waals surface area contributed by atoms with Gasteiger partial charge in [-0.25, -0.2) is 9.78 Å². The molecular formula is C13H20N2O3. The second-order valence-corrected chi connectivity index (χ2v) is 4.52. The van der Waals surface area contributed by atoms with E-state index in [1.807, 2.05) is 11.0 Å². The molecule has 0 aromatic carbocycles. The quantitative estimate of drug-likeness (QED) is 0.803. The highest BCUT2D eigenvalue weighted by Gasteiger charge is 2.12. The summed E-state index contributed by atoms with van der Waals surface area (Å²) in [5, 5.41) is 8.94. The first-order valence-corrected chi connectivity index (χ1v) is 5.98. The number of methoxy groups -OCH3 is 1. The van der Waals surface area contributed by atoms with Gasteiger partial charge < -0.3 is 14.7 Å². The van der Waals surface area contributed by atoms with Crippen molar-refractivity contribution in [1.82, 2.24) is 4.98 Å². The van der Waals surface area contributed by atoms with E-state index in [-0.39, 0.29) is 5.69 Å². The van der Waals surface area contributed by atoms with Gasteiger partial charge in [0.05, 0.1) is 6.61 Å². The summed E-state index contributed by atoms with van der Waals surface area (Å²) in [5.74, 6) is 0.144. The van der Waals surface area contributed by atoms with Crippen molar-refractivity contribution in [3.63, 3.8) is 0 Å². The molecule has 0 unspecified atom stereocenters. The zero-order valence-electron chi connectivity index (χ0n) is 11.1. The van der Waals surface area contributed by atoms with Gasteiger partial charge >= 0.3 is 5.97 Å². The number of aromatic carboxylic acids is 1. The fraction of sp³-hybridized carbons (Fsp3) is 0.538. The van der Waals surface area contributed by atoms with Crippen molar-refractivity contribution in [3.8, 4) is 0 Å². The molecule has 18 heavy (non-hydrogen) atoms. The minimum Gasteiger partial charge on any atom is -0.477 e. The Kier molecular flexibility index (Phi) is 5.58. The predicted octanol–water partition coefficient (Wildman–Crippen LogP) is 1.89. The Balaban J connectivity index is 2.89. The van der Waals surface area contributed by atoms with E-state index in [0.717, 1.165) is 6.54 Å². The van der Waals surface area contributed by atoms with Crippen LogP contribution in [0.5, 0.6) is 0 Å². The third-order valence-electron chi connectivity index (χ3n) is 2.43. The number of hydrogen-bond donors (Lipinski definition) is 1. The predicted molar refractivity (Wildman–Crippen MR) is 70.1 cm³/mol. The molecule has 5 heteroatoms. The van der Waals surface area contributed by atoms with Crippen LogP contribution in [0.15, 0.2) is 18.2 Å². The average Bonchev–Trinajstić information content (AvgIpc) is 2.34. The maximum absolute atomic E-state index is 10.9. The summed E-state index contributed by atoms with van der Waals surface area (Å²) in [5.41, 5.74) is 0.0682. The fourth-order valence-electron chi connectivity index (χ4n) is 1.66. The Morgan fingerprint density at radius 3 is 2.78 bits per heavy atom. The molecule has 0 atom stereocenters. The summed E-state index contributed by atoms with van der Waals surface area (Å²) in [6, 6.07) is 5.03. The number of carbonyl (C=O) groups is 1. The lowest BCUT2D eigenvalue weighted by Crippen LogP contribution is -2.32. The van der Waals surface area contributed by atoms with Gasteiger partial charge in [-0.15, -0.1) is 0 Å². The highest BCUT2D eigenvalue weighted by Crippen LogP contribution is 2.13. The number of nitrogens with zero attached hydrogens (tertiary/aromatic N) is 2. The molecular weight excluding hydrogens is 232 g/mol. The molecule has 1 heterocycles. The van der Waals surface area contributed by atoms with Crippen molar-refractivity contribution in [1.29, 1.82) is 0 Å². The van der Waals surface area contributed by atoms with Crippen molar-refractivity contribution >= 4 is 11.8 Å². The van der Waals surface area contributed by atoms with Crippen LogP contribution in [0.4, 0.5) is 5.82 Å². The summed E-state index contributed by atoms with van der Waals surface area (Å²) < 4.78 is 5.07. The van der Waals surface area contributed by atoms with E-state index < -0.39 is 5.97 Å². The van der Waals surface area contributed by atoms with Gasteiger partial charge in [0.25, 0.3) is 0 Å². The van der Waals surface area contributed by atoms with Gasteiger partial charge in [-0.05, 0) is 18.1 Å². The maximum Gasteiger partial charge on any atom is 0.354 e. The first-order valence-electron chi connectivity index (χ1n) is 5.98. The van der Waals surface area contributed by atoms with Crippen molar-refractivity contribution in [2.24, 2.45) is 5.92 Å². The molecule has 0 saturated heterocycles. The third-order valence-corrected chi connectivity index (χ3v) is 2.43. The Morgan fingerprint density at radius 1 is 1.50 bits per heavy atom. The van der Waals surface area contributed by atoms with Crippen molar-refractivity contribution < 1.29 is 14.6 Å². The number of aromatic nitrogens is 1. The maximum atomic E-state index is 10.9. The molecule has 1 rings (SSSR count). The molecule has 0 aliphatic carbocycles. The van der Waals surface area contributed by atoms with E-state index in [2.05, 4.69) is 18.8 Å². The van der Waals surface area contributed by atoms with Crippen LogP contribution in [0.1, 0.15) is 24.3 Å². The summed E-state index contributed by atoms with van der Waals surface area (Å²) in [6.07, 6.45) is 0. The lowest BCUT2D eigenvalue weighted by molar-refractivity contribution is 0.0690. The van der Waals surface area contributed by atoms with E-state index >= 15 is 0 Å². The van der Waals surface area contributed by atoms with Crippen molar-refractivity contribution in [2.75, 3.05) is 31.7 Å². The van der Waals surface area contributed by atoms with Crippen molar-refractivity contribution in [2.45, 2.75) is 13.8 Å². The molecule has 0 spiro atoms. The smallest absolute Gasteiger partial charge is 0.354 e. The third kappa shape index (κ3) is 4.33. The number of hydrogen-bond acceptors (Lipinski definition) is 4. The van der Waals surface area contributed by atoms with Crippen LogP contribution in [-0.2, 0) is 4.74 Å². The van der Waals surface area contributed by atoms with Gasteiger partial charge in [0, 0.05) is 20.2 Å². The molecule has 1 aromatic rings. The number of carboxylic acid groups (broad SMARTS) is 1. The highest BCUT2D eigenvalue weighted by molar-refractivity contribution is 5.85. The summed E-state index contributed by atoms with van der Waals surface area (Å²) in [6.45, 7) is 6.33. The molecule has 0 radical (unpaired) electrons. The standard InChI is InChI=1S/C13H20N2O3/c1-10(2)9-15(7-8-18-3)12-6-4-5-11(14-12)13(16)17/h4-6,10H,7-9H2,1-3H3,(H,16,17). The molecule has 0 saturated carbocycles. The van der Waals surface area contributed by atoms with E-state index in [0.29, 0.717) is 24.9 Å². The largest absolute Gasteiger partial charge is 0.477 e. The van der Waals surface area contributed by atoms with Gasteiger partial charge in [-0.3, -0.25) is 0 Å². The molecule has 0 amide bonds. The molecule has 0 fully saturated rings. The number of carboxylic acids is 1. The van der Waals surface area contributed by atoms with Crippen LogP contribution >= 0.6 is 0 Å². The minimum atomic E-state index is -1.01. The Labute approximate surface area is 107 Å². The fourth-order valence-corrected chi connectivity index (χ4v) is 1.66. The zero-order chi connectivity index (χ0) is 13.5. The summed E-state index contributed by atoms with van der Waals surface area (Å²) in [7, 11) is 1.65. The summed E-state index contributed by atoms with van der Waals surface area (Å²) >= 11 is 0. The van der Waals surface area contributed by atoms with E-state index in [9.17, 15) is 4.79 Å². The normalized spacial score (nSPS) is 10.7. The second kappa shape index (κ2) is 6.96. The molecule has 100 valence electrons. The van der Waals surface area contributed by atoms with Gasteiger partial charge in [-0.2, -0.15) is 0 Å². The Hall–Kier alpha value is -1.62. The van der Waals surface area contributed by atoms with Crippen LogP contribution in [0, 0.1) is 5.92 Å². The molecule has 1 N–H and O–H groups in total. The number of pyridine rings is 1. The highest BCUT2D eigenvalue weighted by atomic mass is 16.5. The zero-order valence-corrected chi connectivity index (χ0v) is 11.1. The van der Waals surface area contributed by atoms with Crippen LogP contribution < -0.4 is 4.90 Å². The van der Waals surface area contributed by atoms with Gasteiger partial charge in [0.1, 0.15) is 5.82 Å². The number of anilines is 1.